The van der Waals surface area contributed by atoms with Gasteiger partial charge in [0.25, 0.3) is 0 Å². The van der Waals surface area contributed by atoms with Crippen molar-refractivity contribution in [3.63, 3.8) is 0 Å². The number of rotatable bonds is 6. The molecule has 3 rings (SSSR count). The Balaban J connectivity index is 2.00. The van der Waals surface area contributed by atoms with Gasteiger partial charge >= 0.3 is 0 Å². The molecular weight excluding hydrogens is 384 g/mol. The first-order chi connectivity index (χ1) is 13.5. The van der Waals surface area contributed by atoms with E-state index < -0.39 is 14.8 Å². The maximum Gasteiger partial charge on any atom is 0.219 e. The molecule has 1 heterocycles. The van der Waals surface area contributed by atoms with Crippen molar-refractivity contribution in [2.24, 2.45) is 5.14 Å². The number of aromatic amines is 1. The van der Waals surface area contributed by atoms with Crippen LogP contribution in [-0.2, 0) is 21.2 Å². The predicted molar refractivity (Wildman–Crippen MR) is 115 cm³/mol. The minimum absolute atomic E-state index is 0.108. The second-order valence-corrected chi connectivity index (χ2v) is 9.81. The lowest BCUT2D eigenvalue weighted by Crippen LogP contribution is -2.40. The van der Waals surface area contributed by atoms with E-state index in [0.29, 0.717) is 22.5 Å². The average Bonchev–Trinajstić information content (AvgIpc) is 3.01. The molecular formula is C23H26N2O3S. The van der Waals surface area contributed by atoms with Crippen molar-refractivity contribution >= 4 is 15.8 Å². The Kier molecular flexibility index (Phi) is 5.52. The van der Waals surface area contributed by atoms with Gasteiger partial charge < -0.3 is 4.98 Å². The van der Waals surface area contributed by atoms with Crippen molar-refractivity contribution in [1.29, 1.82) is 0 Å². The number of hydrogen-bond acceptors (Lipinski definition) is 3. The van der Waals surface area contributed by atoms with Crippen LogP contribution in [-0.4, -0.2) is 19.2 Å². The summed E-state index contributed by atoms with van der Waals surface area (Å²) in [6.07, 6.45) is 0.136. The van der Waals surface area contributed by atoms with Crippen molar-refractivity contribution < 1.29 is 13.2 Å². The van der Waals surface area contributed by atoms with Gasteiger partial charge in [-0.2, -0.15) is 0 Å². The van der Waals surface area contributed by atoms with Crippen molar-refractivity contribution in [3.8, 4) is 0 Å². The molecule has 0 fully saturated rings. The van der Waals surface area contributed by atoms with Crippen LogP contribution in [0.2, 0.25) is 0 Å². The Bertz CT molecular complexity index is 1160. The third kappa shape index (κ3) is 4.04. The number of sulfonamides is 1. The summed E-state index contributed by atoms with van der Waals surface area (Å²) in [6, 6.07) is 16.4. The van der Waals surface area contributed by atoms with Gasteiger partial charge in [0.05, 0.1) is 5.69 Å². The Morgan fingerprint density at radius 2 is 1.66 bits per heavy atom. The van der Waals surface area contributed by atoms with Crippen LogP contribution in [0.5, 0.6) is 0 Å². The molecule has 2 aromatic carbocycles. The highest BCUT2D eigenvalue weighted by Crippen LogP contribution is 2.33. The smallest absolute Gasteiger partial charge is 0.219 e. The summed E-state index contributed by atoms with van der Waals surface area (Å²) in [5, 5.41) is 5.61. The molecule has 0 amide bonds. The lowest BCUT2D eigenvalue weighted by atomic mass is 9.95. The number of carbonyl (C=O) groups excluding carboxylic acids is 1. The summed E-state index contributed by atoms with van der Waals surface area (Å²) in [7, 11) is -3.91. The topological polar surface area (TPSA) is 93.0 Å². The van der Waals surface area contributed by atoms with E-state index in [1.54, 1.807) is 31.2 Å². The third-order valence-electron chi connectivity index (χ3n) is 5.46. The first-order valence-corrected chi connectivity index (χ1v) is 11.0. The van der Waals surface area contributed by atoms with Crippen LogP contribution < -0.4 is 5.14 Å². The summed E-state index contributed by atoms with van der Waals surface area (Å²) in [5.74, 6) is -0.108. The zero-order valence-electron chi connectivity index (χ0n) is 17.1. The number of aromatic nitrogens is 1. The van der Waals surface area contributed by atoms with Crippen molar-refractivity contribution in [3.05, 3.63) is 93.8 Å². The van der Waals surface area contributed by atoms with Crippen LogP contribution in [0.25, 0.3) is 0 Å². The maximum atomic E-state index is 13.1. The fraction of sp³-hybridized carbons (Fsp3) is 0.261. The van der Waals surface area contributed by atoms with E-state index in [2.05, 4.69) is 4.98 Å². The van der Waals surface area contributed by atoms with E-state index in [-0.39, 0.29) is 12.2 Å². The minimum atomic E-state index is -3.91. The monoisotopic (exact) mass is 410 g/mol. The van der Waals surface area contributed by atoms with Crippen LogP contribution in [0.1, 0.15) is 50.9 Å². The average molecular weight is 411 g/mol. The Labute approximate surface area is 172 Å². The molecule has 3 N–H and O–H groups in total. The fourth-order valence-electron chi connectivity index (χ4n) is 3.68. The number of carbonyl (C=O) groups is 1. The molecule has 0 bridgehead atoms. The van der Waals surface area contributed by atoms with Crippen molar-refractivity contribution in [2.45, 2.75) is 38.9 Å². The number of benzene rings is 2. The van der Waals surface area contributed by atoms with Crippen LogP contribution in [0.15, 0.2) is 54.6 Å². The lowest BCUT2D eigenvalue weighted by molar-refractivity contribution is 0.103. The quantitative estimate of drug-likeness (QED) is 0.603. The zero-order chi connectivity index (χ0) is 21.4. The standard InChI is InChI=1S/C23H26N2O3S/c1-15-10-11-20(16(2)12-15)22(26)21-17(3)13-19(25-21)14-23(4,29(24,27)28)18-8-6-5-7-9-18/h5-13,25H,14H2,1-4H3,(H2,24,27,28). The first-order valence-electron chi connectivity index (χ1n) is 9.41. The Hall–Kier alpha value is -2.70. The number of H-pyrrole nitrogens is 1. The van der Waals surface area contributed by atoms with Gasteiger partial charge in [-0.3, -0.25) is 4.79 Å². The summed E-state index contributed by atoms with van der Waals surface area (Å²) in [5.41, 5.74) is 5.13. The molecule has 1 unspecified atom stereocenters. The molecule has 6 heteroatoms. The number of aryl methyl sites for hydroxylation is 3. The maximum absolute atomic E-state index is 13.1. The molecule has 0 saturated heterocycles. The zero-order valence-corrected chi connectivity index (χ0v) is 17.9. The van der Waals surface area contributed by atoms with Gasteiger partial charge in [-0.15, -0.1) is 0 Å². The van der Waals surface area contributed by atoms with Crippen LogP contribution in [0.3, 0.4) is 0 Å². The Morgan fingerprint density at radius 3 is 2.24 bits per heavy atom. The molecule has 0 aliphatic rings. The molecule has 29 heavy (non-hydrogen) atoms. The molecule has 1 atom stereocenters. The number of ketones is 1. The number of nitrogens with one attached hydrogen (secondary N) is 1. The van der Waals surface area contributed by atoms with Gasteiger partial charge in [0.2, 0.25) is 15.8 Å². The van der Waals surface area contributed by atoms with Crippen LogP contribution in [0, 0.1) is 20.8 Å². The van der Waals surface area contributed by atoms with Crippen molar-refractivity contribution in [1.82, 2.24) is 4.98 Å². The van der Waals surface area contributed by atoms with E-state index in [1.807, 2.05) is 51.1 Å². The van der Waals surface area contributed by atoms with E-state index in [1.165, 1.54) is 0 Å². The molecule has 0 spiro atoms. The first kappa shape index (κ1) is 21.0. The summed E-state index contributed by atoms with van der Waals surface area (Å²) < 4.78 is 23.6. The molecule has 0 aliphatic carbocycles. The van der Waals surface area contributed by atoms with Crippen LogP contribution in [0.4, 0.5) is 0 Å². The molecule has 152 valence electrons. The van der Waals surface area contributed by atoms with Gasteiger partial charge in [-0.05, 0) is 50.5 Å². The predicted octanol–water partition coefficient (Wildman–Crippen LogP) is 3.92. The summed E-state index contributed by atoms with van der Waals surface area (Å²) >= 11 is 0. The molecule has 0 radical (unpaired) electrons. The van der Waals surface area contributed by atoms with Crippen molar-refractivity contribution in [2.75, 3.05) is 0 Å². The molecule has 0 saturated carbocycles. The molecule has 1 aromatic heterocycles. The molecule has 0 aliphatic heterocycles. The van der Waals surface area contributed by atoms with E-state index >= 15 is 0 Å². The fourth-order valence-corrected chi connectivity index (χ4v) is 4.51. The Morgan fingerprint density at radius 1 is 1.00 bits per heavy atom. The van der Waals surface area contributed by atoms with Gasteiger partial charge in [0, 0.05) is 17.7 Å². The van der Waals surface area contributed by atoms with E-state index in [9.17, 15) is 13.2 Å². The van der Waals surface area contributed by atoms with Gasteiger partial charge in [0.1, 0.15) is 4.75 Å². The number of primary sulfonamides is 1. The highest BCUT2D eigenvalue weighted by molar-refractivity contribution is 7.90. The summed E-state index contributed by atoms with van der Waals surface area (Å²) in [6.45, 7) is 7.34. The second-order valence-electron chi connectivity index (χ2n) is 7.82. The van der Waals surface area contributed by atoms with Gasteiger partial charge in [-0.1, -0.05) is 54.1 Å². The van der Waals surface area contributed by atoms with E-state index in [4.69, 9.17) is 5.14 Å². The number of nitrogens with two attached hydrogens (primary N) is 1. The number of hydrogen-bond donors (Lipinski definition) is 2. The highest BCUT2D eigenvalue weighted by atomic mass is 32.2. The SMILES string of the molecule is Cc1ccc(C(=O)c2[nH]c(CC(C)(c3ccccc3)S(N)(=O)=O)cc2C)c(C)c1. The van der Waals surface area contributed by atoms with Crippen LogP contribution >= 0.6 is 0 Å². The lowest BCUT2D eigenvalue weighted by Gasteiger charge is -2.27. The van der Waals surface area contributed by atoms with Gasteiger partial charge in [-0.25, -0.2) is 13.6 Å². The molecule has 5 nitrogen and oxygen atoms in total. The highest BCUT2D eigenvalue weighted by Gasteiger charge is 2.39. The van der Waals surface area contributed by atoms with E-state index in [0.717, 1.165) is 16.7 Å². The van der Waals surface area contributed by atoms with Gasteiger partial charge in [0.15, 0.2) is 0 Å². The largest absolute Gasteiger partial charge is 0.355 e. The second kappa shape index (κ2) is 7.61. The summed E-state index contributed by atoms with van der Waals surface area (Å²) in [4.78, 5) is 16.2. The molecule has 3 aromatic rings. The third-order valence-corrected chi connectivity index (χ3v) is 7.10. The normalized spacial score (nSPS) is 13.8. The minimum Gasteiger partial charge on any atom is -0.355 e.